The molecule has 0 aliphatic heterocycles. The number of aromatic carboxylic acids is 1. The Morgan fingerprint density at radius 2 is 2.14 bits per heavy atom. The lowest BCUT2D eigenvalue weighted by Gasteiger charge is -2.04. The molecule has 0 radical (unpaired) electrons. The standard InChI is InChI=1S/C13H17N5O3/c1-9-4-7-18(15-9)6-3-5-14-12(19)11-10(13(20)21)8-17(2)16-11/h4,7-8H,3,5-6H2,1-2H3,(H,14,19)(H,20,21). The fraction of sp³-hybridized carbons (Fsp3) is 0.385. The molecular formula is C13H17N5O3. The Morgan fingerprint density at radius 1 is 1.38 bits per heavy atom. The van der Waals surface area contributed by atoms with Gasteiger partial charge in [-0.25, -0.2) is 4.79 Å². The van der Waals surface area contributed by atoms with Gasteiger partial charge >= 0.3 is 5.97 Å². The molecule has 2 aromatic heterocycles. The van der Waals surface area contributed by atoms with E-state index in [-0.39, 0.29) is 11.3 Å². The van der Waals surface area contributed by atoms with Gasteiger partial charge in [-0.3, -0.25) is 14.2 Å². The summed E-state index contributed by atoms with van der Waals surface area (Å²) in [6.45, 7) is 3.02. The summed E-state index contributed by atoms with van der Waals surface area (Å²) in [7, 11) is 1.57. The van der Waals surface area contributed by atoms with Gasteiger partial charge in [-0.1, -0.05) is 0 Å². The van der Waals surface area contributed by atoms with Crippen molar-refractivity contribution in [2.24, 2.45) is 7.05 Å². The van der Waals surface area contributed by atoms with Crippen LogP contribution < -0.4 is 5.32 Å². The van der Waals surface area contributed by atoms with Gasteiger partial charge < -0.3 is 10.4 Å². The summed E-state index contributed by atoms with van der Waals surface area (Å²) in [5.74, 6) is -1.65. The van der Waals surface area contributed by atoms with Gasteiger partial charge in [0.25, 0.3) is 5.91 Å². The van der Waals surface area contributed by atoms with Crippen LogP contribution in [0.1, 0.15) is 33.0 Å². The number of carbonyl (C=O) groups is 2. The molecule has 2 rings (SSSR count). The summed E-state index contributed by atoms with van der Waals surface area (Å²) in [5.41, 5.74) is 0.774. The minimum Gasteiger partial charge on any atom is -0.478 e. The van der Waals surface area contributed by atoms with Gasteiger partial charge in [0.1, 0.15) is 5.56 Å². The first-order chi connectivity index (χ1) is 9.97. The van der Waals surface area contributed by atoms with Crippen LogP contribution in [-0.2, 0) is 13.6 Å². The molecule has 0 aliphatic rings. The molecule has 21 heavy (non-hydrogen) atoms. The summed E-state index contributed by atoms with van der Waals surface area (Å²) in [6, 6.07) is 1.91. The van der Waals surface area contributed by atoms with Gasteiger partial charge in [0.2, 0.25) is 0 Å². The average molecular weight is 291 g/mol. The normalized spacial score (nSPS) is 10.6. The van der Waals surface area contributed by atoms with E-state index in [1.807, 2.05) is 19.2 Å². The first-order valence-electron chi connectivity index (χ1n) is 6.52. The third-order valence-corrected chi connectivity index (χ3v) is 2.90. The lowest BCUT2D eigenvalue weighted by Crippen LogP contribution is -2.27. The number of amides is 1. The molecule has 2 aromatic rings. The maximum atomic E-state index is 11.9. The van der Waals surface area contributed by atoms with Gasteiger partial charge in [-0.2, -0.15) is 10.2 Å². The second-order valence-electron chi connectivity index (χ2n) is 4.70. The van der Waals surface area contributed by atoms with Crippen molar-refractivity contribution in [3.05, 3.63) is 35.4 Å². The van der Waals surface area contributed by atoms with Gasteiger partial charge in [0.05, 0.1) is 5.69 Å². The number of aryl methyl sites for hydroxylation is 3. The number of carbonyl (C=O) groups excluding carboxylic acids is 1. The summed E-state index contributed by atoms with van der Waals surface area (Å²) < 4.78 is 3.11. The molecule has 1 amide bonds. The fourth-order valence-corrected chi connectivity index (χ4v) is 1.93. The number of carboxylic acids is 1. The van der Waals surface area contributed by atoms with Crippen molar-refractivity contribution in [3.8, 4) is 0 Å². The van der Waals surface area contributed by atoms with Crippen LogP contribution in [0.5, 0.6) is 0 Å². The Labute approximate surface area is 121 Å². The van der Waals surface area contributed by atoms with E-state index in [0.29, 0.717) is 19.5 Å². The van der Waals surface area contributed by atoms with Crippen molar-refractivity contribution in [2.45, 2.75) is 19.9 Å². The number of hydrogen-bond acceptors (Lipinski definition) is 4. The van der Waals surface area contributed by atoms with Crippen molar-refractivity contribution in [3.63, 3.8) is 0 Å². The first kappa shape index (κ1) is 14.8. The number of hydrogen-bond donors (Lipinski definition) is 2. The summed E-state index contributed by atoms with van der Waals surface area (Å²) in [5, 5.41) is 19.8. The van der Waals surface area contributed by atoms with Crippen LogP contribution in [0.15, 0.2) is 18.5 Å². The smallest absolute Gasteiger partial charge is 0.339 e. The van der Waals surface area contributed by atoms with Crippen LogP contribution in [0.2, 0.25) is 0 Å². The van der Waals surface area contributed by atoms with Crippen molar-refractivity contribution in [2.75, 3.05) is 6.54 Å². The summed E-state index contributed by atoms with van der Waals surface area (Å²) >= 11 is 0. The topological polar surface area (TPSA) is 102 Å². The zero-order valence-corrected chi connectivity index (χ0v) is 11.9. The molecule has 2 heterocycles. The molecule has 0 saturated heterocycles. The molecule has 8 heteroatoms. The van der Waals surface area contributed by atoms with Crippen LogP contribution in [0.3, 0.4) is 0 Å². The fourth-order valence-electron chi connectivity index (χ4n) is 1.93. The Morgan fingerprint density at radius 3 is 2.76 bits per heavy atom. The van der Waals surface area contributed by atoms with Crippen LogP contribution >= 0.6 is 0 Å². The van der Waals surface area contributed by atoms with E-state index in [1.54, 1.807) is 11.7 Å². The Hall–Kier alpha value is -2.64. The monoisotopic (exact) mass is 291 g/mol. The van der Waals surface area contributed by atoms with Gasteiger partial charge in [0.15, 0.2) is 5.69 Å². The lowest BCUT2D eigenvalue weighted by molar-refractivity contribution is 0.0691. The SMILES string of the molecule is Cc1ccn(CCCNC(=O)c2nn(C)cc2C(=O)O)n1. The van der Waals surface area contributed by atoms with E-state index in [2.05, 4.69) is 15.5 Å². The molecule has 0 aliphatic carbocycles. The molecule has 0 aromatic carbocycles. The molecule has 112 valence electrons. The third kappa shape index (κ3) is 3.68. The number of rotatable bonds is 6. The Kier molecular flexibility index (Phi) is 4.36. The number of carboxylic acid groups (broad SMARTS) is 1. The zero-order chi connectivity index (χ0) is 15.4. The number of aromatic nitrogens is 4. The third-order valence-electron chi connectivity index (χ3n) is 2.90. The zero-order valence-electron chi connectivity index (χ0n) is 11.9. The van der Waals surface area contributed by atoms with E-state index >= 15 is 0 Å². The van der Waals surface area contributed by atoms with Gasteiger partial charge in [0, 0.05) is 32.5 Å². The van der Waals surface area contributed by atoms with Gasteiger partial charge in [-0.15, -0.1) is 0 Å². The lowest BCUT2D eigenvalue weighted by atomic mass is 10.2. The Bertz CT molecular complexity index is 659. The predicted octanol–water partition coefficient (Wildman–Crippen LogP) is 0.443. The van der Waals surface area contributed by atoms with E-state index in [9.17, 15) is 9.59 Å². The highest BCUT2D eigenvalue weighted by Gasteiger charge is 2.20. The first-order valence-corrected chi connectivity index (χ1v) is 6.52. The molecule has 0 unspecified atom stereocenters. The largest absolute Gasteiger partial charge is 0.478 e. The molecule has 0 saturated carbocycles. The van der Waals surface area contributed by atoms with Crippen molar-refractivity contribution in [1.29, 1.82) is 0 Å². The van der Waals surface area contributed by atoms with Crippen LogP contribution in [-0.4, -0.2) is 43.1 Å². The molecule has 0 atom stereocenters. The molecule has 0 bridgehead atoms. The van der Waals surface area contributed by atoms with Crippen LogP contribution in [0, 0.1) is 6.92 Å². The minimum atomic E-state index is -1.17. The summed E-state index contributed by atoms with van der Waals surface area (Å²) in [4.78, 5) is 22.9. The maximum absolute atomic E-state index is 11.9. The highest BCUT2D eigenvalue weighted by Crippen LogP contribution is 2.06. The highest BCUT2D eigenvalue weighted by atomic mass is 16.4. The van der Waals surface area contributed by atoms with Crippen molar-refractivity contribution < 1.29 is 14.7 Å². The van der Waals surface area contributed by atoms with E-state index in [0.717, 1.165) is 5.69 Å². The van der Waals surface area contributed by atoms with Crippen molar-refractivity contribution >= 4 is 11.9 Å². The van der Waals surface area contributed by atoms with Crippen molar-refractivity contribution in [1.82, 2.24) is 24.9 Å². The number of nitrogens with one attached hydrogen (secondary N) is 1. The van der Waals surface area contributed by atoms with E-state index < -0.39 is 11.9 Å². The predicted molar refractivity (Wildman–Crippen MR) is 74.1 cm³/mol. The molecule has 2 N–H and O–H groups in total. The minimum absolute atomic E-state index is 0.0695. The average Bonchev–Trinajstić information content (AvgIpc) is 3.00. The van der Waals surface area contributed by atoms with Crippen LogP contribution in [0.25, 0.3) is 0 Å². The highest BCUT2D eigenvalue weighted by molar-refractivity contribution is 6.03. The maximum Gasteiger partial charge on any atom is 0.339 e. The molecular weight excluding hydrogens is 274 g/mol. The summed E-state index contributed by atoms with van der Waals surface area (Å²) in [6.07, 6.45) is 3.88. The Balaban J connectivity index is 1.86. The van der Waals surface area contributed by atoms with Crippen LogP contribution in [0.4, 0.5) is 0 Å². The number of nitrogens with zero attached hydrogens (tertiary/aromatic N) is 4. The second kappa shape index (κ2) is 6.21. The molecule has 0 spiro atoms. The van der Waals surface area contributed by atoms with Gasteiger partial charge in [-0.05, 0) is 19.4 Å². The molecule has 8 nitrogen and oxygen atoms in total. The van der Waals surface area contributed by atoms with E-state index in [1.165, 1.54) is 10.9 Å². The second-order valence-corrected chi connectivity index (χ2v) is 4.70. The van der Waals surface area contributed by atoms with E-state index in [4.69, 9.17) is 5.11 Å². The molecule has 0 fully saturated rings. The quantitative estimate of drug-likeness (QED) is 0.752.